The Kier molecular flexibility index (Phi) is 6.71. The summed E-state index contributed by atoms with van der Waals surface area (Å²) in [4.78, 5) is 7.65. The van der Waals surface area contributed by atoms with Gasteiger partial charge in [-0.2, -0.15) is 0 Å². The number of unbranched alkanes of at least 4 members (excludes halogenated alkanes) is 1. The molecule has 2 heterocycles. The molecule has 3 nitrogen and oxygen atoms in total. The fourth-order valence-corrected chi connectivity index (χ4v) is 6.18. The van der Waals surface area contributed by atoms with E-state index in [0.717, 1.165) is 64.6 Å². The molecule has 7 rings (SSSR count). The van der Waals surface area contributed by atoms with Gasteiger partial charge < -0.3 is 9.64 Å². The first kappa shape index (κ1) is 26.0. The fraction of sp³-hybridized carbons (Fsp3) is 0.154. The minimum absolute atomic E-state index is 0.850. The highest BCUT2D eigenvalue weighted by Crippen LogP contribution is 2.50. The van der Waals surface area contributed by atoms with Crippen molar-refractivity contribution >= 4 is 28.0 Å². The summed E-state index contributed by atoms with van der Waals surface area (Å²) >= 11 is 0. The molecule has 0 bridgehead atoms. The number of rotatable bonds is 6. The van der Waals surface area contributed by atoms with Crippen LogP contribution in [0.5, 0.6) is 11.5 Å². The molecule has 5 aromatic carbocycles. The summed E-state index contributed by atoms with van der Waals surface area (Å²) in [6.07, 6.45) is 3.33. The molecule has 0 spiro atoms. The van der Waals surface area contributed by atoms with Crippen molar-refractivity contribution in [3.05, 3.63) is 132 Å². The second-order valence-corrected chi connectivity index (χ2v) is 11.3. The van der Waals surface area contributed by atoms with Gasteiger partial charge in [-0.3, -0.25) is 0 Å². The minimum atomic E-state index is 0.850. The number of para-hydroxylation sites is 5. The molecule has 6 aromatic rings. The van der Waals surface area contributed by atoms with Crippen LogP contribution in [0, 0.1) is 13.8 Å². The fourth-order valence-electron chi connectivity index (χ4n) is 6.18. The van der Waals surface area contributed by atoms with Gasteiger partial charge >= 0.3 is 0 Å². The SMILES string of the molecule is CCCCc1cccc2c(-c3cc(C)cc(C)c3)cc(-c3cccc(N4c5ccccc5Oc5ccccc54)c3)nc12. The van der Waals surface area contributed by atoms with Crippen LogP contribution in [0.4, 0.5) is 17.1 Å². The van der Waals surface area contributed by atoms with Gasteiger partial charge in [0.2, 0.25) is 0 Å². The molecule has 3 heteroatoms. The Morgan fingerprint density at radius 2 is 1.36 bits per heavy atom. The second-order valence-electron chi connectivity index (χ2n) is 11.3. The number of hydrogen-bond acceptors (Lipinski definition) is 3. The normalized spacial score (nSPS) is 12.1. The number of anilines is 3. The van der Waals surface area contributed by atoms with Crippen LogP contribution in [-0.4, -0.2) is 4.98 Å². The van der Waals surface area contributed by atoms with Gasteiger partial charge in [0.05, 0.1) is 22.6 Å². The molecular formula is C39H34N2O. The van der Waals surface area contributed by atoms with E-state index in [-0.39, 0.29) is 0 Å². The Labute approximate surface area is 248 Å². The van der Waals surface area contributed by atoms with Crippen molar-refractivity contribution in [2.24, 2.45) is 0 Å². The number of nitrogens with zero attached hydrogens (tertiary/aromatic N) is 2. The van der Waals surface area contributed by atoms with Gasteiger partial charge in [-0.25, -0.2) is 4.98 Å². The first-order chi connectivity index (χ1) is 20.6. The van der Waals surface area contributed by atoms with Gasteiger partial charge in [-0.1, -0.05) is 97.3 Å². The third-order valence-corrected chi connectivity index (χ3v) is 8.09. The van der Waals surface area contributed by atoms with Crippen molar-refractivity contribution in [3.63, 3.8) is 0 Å². The number of benzene rings is 5. The van der Waals surface area contributed by atoms with Crippen LogP contribution in [0.3, 0.4) is 0 Å². The van der Waals surface area contributed by atoms with Gasteiger partial charge in [0.1, 0.15) is 0 Å². The Morgan fingerprint density at radius 3 is 2.07 bits per heavy atom. The van der Waals surface area contributed by atoms with Crippen molar-refractivity contribution < 1.29 is 4.74 Å². The van der Waals surface area contributed by atoms with Crippen molar-refractivity contribution in [2.45, 2.75) is 40.0 Å². The van der Waals surface area contributed by atoms with E-state index in [2.05, 4.69) is 117 Å². The molecule has 0 aliphatic carbocycles. The molecule has 0 saturated carbocycles. The molecule has 0 unspecified atom stereocenters. The minimum Gasteiger partial charge on any atom is -0.453 e. The van der Waals surface area contributed by atoms with E-state index in [9.17, 15) is 0 Å². The highest BCUT2D eigenvalue weighted by molar-refractivity contribution is 5.98. The molecule has 1 aliphatic heterocycles. The summed E-state index contributed by atoms with van der Waals surface area (Å²) in [6, 6.07) is 41.0. The van der Waals surface area contributed by atoms with Crippen LogP contribution in [0.15, 0.2) is 115 Å². The Hall–Kier alpha value is -4.89. The number of fused-ring (bicyclic) bond motifs is 3. The molecule has 0 atom stereocenters. The van der Waals surface area contributed by atoms with Crippen LogP contribution in [0.2, 0.25) is 0 Å². The molecule has 0 N–H and O–H groups in total. The van der Waals surface area contributed by atoms with E-state index in [4.69, 9.17) is 9.72 Å². The van der Waals surface area contributed by atoms with Gasteiger partial charge in [-0.15, -0.1) is 0 Å². The summed E-state index contributed by atoms with van der Waals surface area (Å²) in [7, 11) is 0. The van der Waals surface area contributed by atoms with Crippen LogP contribution in [-0.2, 0) is 6.42 Å². The average molecular weight is 547 g/mol. The van der Waals surface area contributed by atoms with Crippen molar-refractivity contribution in [1.82, 2.24) is 4.98 Å². The van der Waals surface area contributed by atoms with E-state index in [0.29, 0.717) is 0 Å². The first-order valence-electron chi connectivity index (χ1n) is 14.9. The summed E-state index contributed by atoms with van der Waals surface area (Å²) < 4.78 is 6.27. The molecule has 206 valence electrons. The topological polar surface area (TPSA) is 25.4 Å². The van der Waals surface area contributed by atoms with Crippen LogP contribution >= 0.6 is 0 Å². The zero-order chi connectivity index (χ0) is 28.6. The van der Waals surface area contributed by atoms with Crippen molar-refractivity contribution in [1.29, 1.82) is 0 Å². The monoisotopic (exact) mass is 546 g/mol. The zero-order valence-corrected chi connectivity index (χ0v) is 24.4. The predicted molar refractivity (Wildman–Crippen MR) is 175 cm³/mol. The lowest BCUT2D eigenvalue weighted by Crippen LogP contribution is -2.15. The zero-order valence-electron chi connectivity index (χ0n) is 24.4. The maximum absolute atomic E-state index is 6.27. The van der Waals surface area contributed by atoms with E-state index in [1.807, 2.05) is 24.3 Å². The Morgan fingerprint density at radius 1 is 0.667 bits per heavy atom. The third-order valence-electron chi connectivity index (χ3n) is 8.09. The lowest BCUT2D eigenvalue weighted by atomic mass is 9.93. The Balaban J connectivity index is 1.43. The van der Waals surface area contributed by atoms with Gasteiger partial charge in [0, 0.05) is 16.6 Å². The largest absolute Gasteiger partial charge is 0.453 e. The highest BCUT2D eigenvalue weighted by Gasteiger charge is 2.25. The van der Waals surface area contributed by atoms with Gasteiger partial charge in [0.25, 0.3) is 0 Å². The smallest absolute Gasteiger partial charge is 0.151 e. The predicted octanol–water partition coefficient (Wildman–Crippen LogP) is 11.1. The number of aromatic nitrogens is 1. The lowest BCUT2D eigenvalue weighted by Gasteiger charge is -2.33. The van der Waals surface area contributed by atoms with Crippen LogP contribution in [0.25, 0.3) is 33.3 Å². The van der Waals surface area contributed by atoms with E-state index >= 15 is 0 Å². The quantitative estimate of drug-likeness (QED) is 0.207. The van der Waals surface area contributed by atoms with Gasteiger partial charge in [0.15, 0.2) is 11.5 Å². The molecule has 0 fully saturated rings. The summed E-state index contributed by atoms with van der Waals surface area (Å²) in [6.45, 7) is 6.60. The van der Waals surface area contributed by atoms with E-state index < -0.39 is 0 Å². The average Bonchev–Trinajstić information content (AvgIpc) is 3.01. The highest BCUT2D eigenvalue weighted by atomic mass is 16.5. The van der Waals surface area contributed by atoms with Crippen molar-refractivity contribution in [3.8, 4) is 33.9 Å². The maximum Gasteiger partial charge on any atom is 0.151 e. The number of hydrogen-bond donors (Lipinski definition) is 0. The summed E-state index contributed by atoms with van der Waals surface area (Å²) in [5, 5.41) is 1.21. The number of ether oxygens (including phenoxy) is 1. The van der Waals surface area contributed by atoms with Crippen LogP contribution < -0.4 is 9.64 Å². The van der Waals surface area contributed by atoms with E-state index in [1.54, 1.807) is 0 Å². The summed E-state index contributed by atoms with van der Waals surface area (Å²) in [5.41, 5.74) is 12.6. The Bertz CT molecular complexity index is 1870. The van der Waals surface area contributed by atoms with Gasteiger partial charge in [-0.05, 0) is 85.8 Å². The second kappa shape index (κ2) is 10.8. The maximum atomic E-state index is 6.27. The van der Waals surface area contributed by atoms with Crippen LogP contribution in [0.1, 0.15) is 36.5 Å². The number of pyridine rings is 1. The molecule has 1 aliphatic rings. The molecule has 1 aromatic heterocycles. The van der Waals surface area contributed by atoms with Crippen molar-refractivity contribution in [2.75, 3.05) is 4.90 Å². The molecular weight excluding hydrogens is 512 g/mol. The standard InChI is InChI=1S/C39H34N2O/c1-4-5-12-28-13-11-16-32-33(30-22-26(2)21-27(3)23-30)25-34(40-39(28)32)29-14-10-15-31(24-29)41-35-17-6-8-19-37(35)42-38-20-9-7-18-36(38)41/h6-11,13-25H,4-5,12H2,1-3H3. The molecule has 0 amide bonds. The first-order valence-corrected chi connectivity index (χ1v) is 14.9. The molecule has 42 heavy (non-hydrogen) atoms. The molecule has 0 radical (unpaired) electrons. The summed E-state index contributed by atoms with van der Waals surface area (Å²) in [5.74, 6) is 1.70. The van der Waals surface area contributed by atoms with E-state index in [1.165, 1.54) is 33.2 Å². The third kappa shape index (κ3) is 4.71. The lowest BCUT2D eigenvalue weighted by molar-refractivity contribution is 0.477. The molecule has 0 saturated heterocycles. The number of aryl methyl sites for hydroxylation is 3.